The van der Waals surface area contributed by atoms with Gasteiger partial charge in [0.15, 0.2) is 0 Å². The number of benzene rings is 2. The van der Waals surface area contributed by atoms with Gasteiger partial charge in [0.1, 0.15) is 12.2 Å². The van der Waals surface area contributed by atoms with Crippen molar-refractivity contribution >= 4 is 33.6 Å². The molecule has 0 aliphatic heterocycles. The van der Waals surface area contributed by atoms with Gasteiger partial charge in [-0.3, -0.25) is 0 Å². The minimum absolute atomic E-state index is 0.515. The molecule has 0 aliphatic rings. The van der Waals surface area contributed by atoms with E-state index >= 15 is 0 Å². The van der Waals surface area contributed by atoms with Gasteiger partial charge in [0.05, 0.1) is 0 Å². The quantitative estimate of drug-likeness (QED) is 0.657. The van der Waals surface area contributed by atoms with Gasteiger partial charge in [-0.1, -0.05) is 47.5 Å². The number of rotatable bonds is 8. The van der Waals surface area contributed by atoms with Gasteiger partial charge in [-0.25, -0.2) is 8.37 Å². The van der Waals surface area contributed by atoms with Crippen LogP contribution in [0.3, 0.4) is 0 Å². The number of hydrogen-bond acceptors (Lipinski definition) is 6. The fourth-order valence-electron chi connectivity index (χ4n) is 2.48. The summed E-state index contributed by atoms with van der Waals surface area (Å²) in [6, 6.07) is 11.9. The maximum absolute atomic E-state index is 12.5. The molecule has 0 saturated heterocycles. The second-order valence-corrected chi connectivity index (χ2v) is 8.34. The Hall–Kier alpha value is -1.19. The lowest BCUT2D eigenvalue weighted by Crippen LogP contribution is -2.33. The Kier molecular flexibility index (Phi) is 7.64. The lowest BCUT2D eigenvalue weighted by Gasteiger charge is -2.25. The maximum atomic E-state index is 12.5. The van der Waals surface area contributed by atoms with E-state index in [4.69, 9.17) is 43.0 Å². The Morgan fingerprint density at radius 2 is 1.04 bits per heavy atom. The van der Waals surface area contributed by atoms with Gasteiger partial charge in [-0.2, -0.15) is 8.42 Å². The molecule has 2 aromatic carbocycles. The van der Waals surface area contributed by atoms with Crippen LogP contribution in [0.5, 0.6) is 0 Å². The molecule has 0 aromatic heterocycles. The highest BCUT2D eigenvalue weighted by Gasteiger charge is 2.30. The molecular formula is C18H22Cl2N2O4S. The molecule has 27 heavy (non-hydrogen) atoms. The molecule has 6 nitrogen and oxygen atoms in total. The van der Waals surface area contributed by atoms with Crippen LogP contribution in [-0.2, 0) is 18.8 Å². The fourth-order valence-corrected chi connectivity index (χ4v) is 3.85. The van der Waals surface area contributed by atoms with Crippen molar-refractivity contribution in [2.24, 2.45) is 11.5 Å². The molecule has 2 rings (SSSR count). The van der Waals surface area contributed by atoms with Crippen LogP contribution in [0.25, 0.3) is 0 Å². The summed E-state index contributed by atoms with van der Waals surface area (Å²) in [5, 5.41) is 1.03. The molecule has 0 radical (unpaired) electrons. The predicted molar refractivity (Wildman–Crippen MR) is 107 cm³/mol. The minimum Gasteiger partial charge on any atom is -0.325 e. The van der Waals surface area contributed by atoms with Crippen LogP contribution in [0.2, 0.25) is 10.0 Å². The minimum atomic E-state index is -4.41. The summed E-state index contributed by atoms with van der Waals surface area (Å²) in [5.41, 5.74) is 13.0. The van der Waals surface area contributed by atoms with Crippen molar-refractivity contribution in [3.63, 3.8) is 0 Å². The summed E-state index contributed by atoms with van der Waals surface area (Å²) in [6.07, 6.45) is -1.88. The van der Waals surface area contributed by atoms with Crippen molar-refractivity contribution in [2.45, 2.75) is 38.1 Å². The van der Waals surface area contributed by atoms with Gasteiger partial charge in [-0.05, 0) is 49.2 Å². The Balaban J connectivity index is 2.23. The average molecular weight is 433 g/mol. The fraction of sp³-hybridized carbons (Fsp3) is 0.333. The third-order valence-electron chi connectivity index (χ3n) is 3.80. The summed E-state index contributed by atoms with van der Waals surface area (Å²) in [6.45, 7) is 3.27. The Labute approximate surface area is 169 Å². The van der Waals surface area contributed by atoms with Crippen LogP contribution in [0.15, 0.2) is 48.5 Å². The summed E-state index contributed by atoms with van der Waals surface area (Å²) >= 11 is 11.7. The smallest absolute Gasteiger partial charge is 0.325 e. The first-order chi connectivity index (χ1) is 12.6. The van der Waals surface area contributed by atoms with Crippen molar-refractivity contribution in [3.8, 4) is 0 Å². The van der Waals surface area contributed by atoms with E-state index in [9.17, 15) is 8.42 Å². The largest absolute Gasteiger partial charge is 0.401 e. The molecule has 0 heterocycles. The normalized spacial score (nSPS) is 16.5. The summed E-state index contributed by atoms with van der Waals surface area (Å²) in [5.74, 6) is 0. The third kappa shape index (κ3) is 6.43. The Morgan fingerprint density at radius 1 is 0.741 bits per heavy atom. The number of halogens is 2. The second-order valence-electron chi connectivity index (χ2n) is 6.26. The Morgan fingerprint density at radius 3 is 1.30 bits per heavy atom. The molecule has 9 heteroatoms. The molecule has 0 amide bonds. The molecular weight excluding hydrogens is 411 g/mol. The zero-order chi connectivity index (χ0) is 20.2. The summed E-state index contributed by atoms with van der Waals surface area (Å²) < 4.78 is 35.6. The van der Waals surface area contributed by atoms with Gasteiger partial charge in [-0.15, -0.1) is 0 Å². The van der Waals surface area contributed by atoms with E-state index in [2.05, 4.69) is 0 Å². The molecule has 0 spiro atoms. The van der Waals surface area contributed by atoms with Gasteiger partial charge in [0, 0.05) is 22.1 Å². The highest BCUT2D eigenvalue weighted by Crippen LogP contribution is 2.29. The SMILES string of the molecule is CC(N)C(OS(=O)(=O)OC(c1ccc(Cl)cc1)C(C)N)c1ccc(Cl)cc1. The van der Waals surface area contributed by atoms with Crippen LogP contribution >= 0.6 is 23.2 Å². The van der Waals surface area contributed by atoms with E-state index in [-0.39, 0.29) is 0 Å². The molecule has 0 aliphatic carbocycles. The number of nitrogens with two attached hydrogens (primary N) is 2. The van der Waals surface area contributed by atoms with Gasteiger partial charge < -0.3 is 11.5 Å². The second kappa shape index (κ2) is 9.34. The summed E-state index contributed by atoms with van der Waals surface area (Å²) in [4.78, 5) is 0. The van der Waals surface area contributed by atoms with Crippen molar-refractivity contribution < 1.29 is 16.8 Å². The molecule has 4 N–H and O–H groups in total. The molecule has 4 unspecified atom stereocenters. The zero-order valence-corrected chi connectivity index (χ0v) is 17.2. The first kappa shape index (κ1) is 22.1. The monoisotopic (exact) mass is 432 g/mol. The molecule has 148 valence electrons. The van der Waals surface area contributed by atoms with E-state index in [1.165, 1.54) is 0 Å². The topological polar surface area (TPSA) is 105 Å². The molecule has 0 bridgehead atoms. The van der Waals surface area contributed by atoms with Gasteiger partial charge in [0.2, 0.25) is 0 Å². The lowest BCUT2D eigenvalue weighted by atomic mass is 10.0. The van der Waals surface area contributed by atoms with Crippen LogP contribution < -0.4 is 11.5 Å². The van der Waals surface area contributed by atoms with Gasteiger partial charge >= 0.3 is 10.4 Å². The predicted octanol–water partition coefficient (Wildman–Crippen LogP) is 3.75. The van der Waals surface area contributed by atoms with E-state index in [1.54, 1.807) is 62.4 Å². The first-order valence-corrected chi connectivity index (χ1v) is 10.3. The highest BCUT2D eigenvalue weighted by molar-refractivity contribution is 7.81. The van der Waals surface area contributed by atoms with Crippen molar-refractivity contribution in [1.29, 1.82) is 0 Å². The van der Waals surface area contributed by atoms with Crippen LogP contribution in [-0.4, -0.2) is 20.5 Å². The first-order valence-electron chi connectivity index (χ1n) is 8.22. The maximum Gasteiger partial charge on any atom is 0.401 e. The van der Waals surface area contributed by atoms with Crippen molar-refractivity contribution in [3.05, 3.63) is 69.7 Å². The summed E-state index contributed by atoms with van der Waals surface area (Å²) in [7, 11) is -4.41. The van der Waals surface area contributed by atoms with Crippen LogP contribution in [0, 0.1) is 0 Å². The van der Waals surface area contributed by atoms with E-state index in [1.807, 2.05) is 0 Å². The average Bonchev–Trinajstić information content (AvgIpc) is 2.59. The zero-order valence-electron chi connectivity index (χ0n) is 14.9. The lowest BCUT2D eigenvalue weighted by molar-refractivity contribution is 0.104. The molecule has 4 atom stereocenters. The van der Waals surface area contributed by atoms with Crippen LogP contribution in [0.1, 0.15) is 37.2 Å². The third-order valence-corrected chi connectivity index (χ3v) is 5.19. The standard InChI is InChI=1S/C18H22Cl2N2O4S/c1-11(21)17(13-3-7-15(19)8-4-13)25-27(23,24)26-18(12(2)22)14-5-9-16(20)10-6-14/h3-12,17-18H,21-22H2,1-2H3. The highest BCUT2D eigenvalue weighted by atomic mass is 35.5. The van der Waals surface area contributed by atoms with E-state index in [0.29, 0.717) is 21.2 Å². The van der Waals surface area contributed by atoms with Crippen molar-refractivity contribution in [2.75, 3.05) is 0 Å². The van der Waals surface area contributed by atoms with E-state index in [0.717, 1.165) is 0 Å². The molecule has 0 fully saturated rings. The van der Waals surface area contributed by atoms with Crippen molar-refractivity contribution in [1.82, 2.24) is 0 Å². The van der Waals surface area contributed by atoms with Crippen LogP contribution in [0.4, 0.5) is 0 Å². The number of hydrogen-bond donors (Lipinski definition) is 2. The molecule has 2 aromatic rings. The van der Waals surface area contributed by atoms with Gasteiger partial charge in [0.25, 0.3) is 0 Å². The van der Waals surface area contributed by atoms with E-state index < -0.39 is 34.7 Å². The molecule has 0 saturated carbocycles. The Bertz CT molecular complexity index is 775.